The summed E-state index contributed by atoms with van der Waals surface area (Å²) >= 11 is 0. The third kappa shape index (κ3) is 5.33. The van der Waals surface area contributed by atoms with Crippen molar-refractivity contribution in [3.8, 4) is 0 Å². The minimum atomic E-state index is -3.28. The highest BCUT2D eigenvalue weighted by atomic mass is 32.2. The summed E-state index contributed by atoms with van der Waals surface area (Å²) in [7, 11) is -1.76. The maximum Gasteiger partial charge on any atom is 0.215 e. The summed E-state index contributed by atoms with van der Waals surface area (Å²) in [5.74, 6) is 0.125. The first-order valence-corrected chi connectivity index (χ1v) is 7.71. The van der Waals surface area contributed by atoms with Gasteiger partial charge in [0, 0.05) is 19.6 Å². The molecular formula is C11H24N2O3S. The number of nitrogens with zero attached hydrogens (tertiary/aromatic N) is 1. The highest BCUT2D eigenvalue weighted by molar-refractivity contribution is 7.89. The van der Waals surface area contributed by atoms with Crippen molar-refractivity contribution in [3.05, 3.63) is 0 Å². The highest BCUT2D eigenvalue weighted by Crippen LogP contribution is 2.13. The molecule has 1 atom stereocenters. The van der Waals surface area contributed by atoms with Gasteiger partial charge in [-0.3, -0.25) is 0 Å². The number of sulfonamides is 1. The second kappa shape index (κ2) is 5.65. The van der Waals surface area contributed by atoms with Crippen LogP contribution in [0.15, 0.2) is 0 Å². The van der Waals surface area contributed by atoms with Crippen molar-refractivity contribution in [1.82, 2.24) is 9.62 Å². The summed E-state index contributed by atoms with van der Waals surface area (Å²) < 4.78 is 25.4. The van der Waals surface area contributed by atoms with Crippen LogP contribution in [0.4, 0.5) is 0 Å². The van der Waals surface area contributed by atoms with E-state index in [1.165, 1.54) is 11.4 Å². The van der Waals surface area contributed by atoms with E-state index in [0.717, 1.165) is 25.8 Å². The average molecular weight is 264 g/mol. The van der Waals surface area contributed by atoms with Gasteiger partial charge in [-0.1, -0.05) is 6.42 Å². The zero-order valence-corrected chi connectivity index (χ0v) is 11.8. The Balaban J connectivity index is 2.54. The Kier molecular flexibility index (Phi) is 4.95. The number of hydrogen-bond donors (Lipinski definition) is 2. The highest BCUT2D eigenvalue weighted by Gasteiger charge is 2.28. The number of piperidine rings is 1. The van der Waals surface area contributed by atoms with Crippen molar-refractivity contribution in [3.63, 3.8) is 0 Å². The molecule has 0 aromatic carbocycles. The normalized spacial score (nSPS) is 23.0. The fraction of sp³-hybridized carbons (Fsp3) is 1.00. The molecule has 0 bridgehead atoms. The molecule has 1 aliphatic heterocycles. The lowest BCUT2D eigenvalue weighted by Gasteiger charge is -2.28. The van der Waals surface area contributed by atoms with Crippen molar-refractivity contribution < 1.29 is 13.5 Å². The van der Waals surface area contributed by atoms with Gasteiger partial charge in [-0.15, -0.1) is 0 Å². The summed E-state index contributed by atoms with van der Waals surface area (Å²) in [6.07, 6.45) is 3.12. The molecule has 6 heteroatoms. The van der Waals surface area contributed by atoms with E-state index in [4.69, 9.17) is 0 Å². The maximum absolute atomic E-state index is 12.1. The molecule has 0 aromatic rings. The predicted octanol–water partition coefficient (Wildman–Crippen LogP) is 0.161. The van der Waals surface area contributed by atoms with E-state index in [-0.39, 0.29) is 18.3 Å². The Morgan fingerprint density at radius 3 is 2.53 bits per heavy atom. The van der Waals surface area contributed by atoms with E-state index >= 15 is 0 Å². The molecule has 1 aliphatic rings. The average Bonchev–Trinajstić information content (AvgIpc) is 2.15. The van der Waals surface area contributed by atoms with Crippen molar-refractivity contribution >= 4 is 10.0 Å². The largest absolute Gasteiger partial charge is 0.389 e. The first-order chi connectivity index (χ1) is 7.71. The van der Waals surface area contributed by atoms with E-state index in [2.05, 4.69) is 5.32 Å². The number of likely N-dealkylation sites (N-methyl/N-ethyl adjacent to an activating group) is 1. The van der Waals surface area contributed by atoms with Gasteiger partial charge in [0.15, 0.2) is 0 Å². The summed E-state index contributed by atoms with van der Waals surface area (Å²) in [6.45, 7) is 4.24. The minimum absolute atomic E-state index is 0.0537. The van der Waals surface area contributed by atoms with E-state index < -0.39 is 15.6 Å². The second-order valence-corrected chi connectivity index (χ2v) is 7.61. The number of hydrogen-bond acceptors (Lipinski definition) is 4. The van der Waals surface area contributed by atoms with Crippen molar-refractivity contribution in [2.75, 3.05) is 25.9 Å². The molecular weight excluding hydrogens is 240 g/mol. The molecule has 2 N–H and O–H groups in total. The monoisotopic (exact) mass is 264 g/mol. The van der Waals surface area contributed by atoms with Gasteiger partial charge in [0.05, 0.1) is 11.4 Å². The smallest absolute Gasteiger partial charge is 0.215 e. The molecule has 0 spiro atoms. The van der Waals surface area contributed by atoms with Crippen LogP contribution in [-0.2, 0) is 10.0 Å². The molecule has 0 saturated carbocycles. The second-order valence-electron chi connectivity index (χ2n) is 5.49. The van der Waals surface area contributed by atoms with Gasteiger partial charge in [-0.2, -0.15) is 0 Å². The Morgan fingerprint density at radius 1 is 1.41 bits per heavy atom. The minimum Gasteiger partial charge on any atom is -0.389 e. The molecule has 1 rings (SSSR count). The van der Waals surface area contributed by atoms with Gasteiger partial charge in [0.2, 0.25) is 10.0 Å². The van der Waals surface area contributed by atoms with Crippen LogP contribution >= 0.6 is 0 Å². The molecule has 1 unspecified atom stereocenters. The lowest BCUT2D eigenvalue weighted by Crippen LogP contribution is -2.46. The molecule has 0 aromatic heterocycles. The first kappa shape index (κ1) is 14.9. The van der Waals surface area contributed by atoms with Crippen LogP contribution in [0.3, 0.4) is 0 Å². The molecule has 5 nitrogen and oxygen atoms in total. The summed E-state index contributed by atoms with van der Waals surface area (Å²) in [5, 5.41) is 12.9. The zero-order valence-electron chi connectivity index (χ0n) is 10.9. The van der Waals surface area contributed by atoms with Crippen LogP contribution in [0.1, 0.15) is 33.1 Å². The van der Waals surface area contributed by atoms with Crippen LogP contribution < -0.4 is 5.32 Å². The van der Waals surface area contributed by atoms with E-state index in [9.17, 15) is 13.5 Å². The number of rotatable bonds is 5. The molecule has 17 heavy (non-hydrogen) atoms. The van der Waals surface area contributed by atoms with Gasteiger partial charge < -0.3 is 10.4 Å². The predicted molar refractivity (Wildman–Crippen MR) is 68.4 cm³/mol. The zero-order chi connectivity index (χ0) is 13.1. The van der Waals surface area contributed by atoms with Gasteiger partial charge in [0.25, 0.3) is 0 Å². The summed E-state index contributed by atoms with van der Waals surface area (Å²) in [4.78, 5) is 0. The quantitative estimate of drug-likeness (QED) is 0.742. The lowest BCUT2D eigenvalue weighted by molar-refractivity contribution is 0.0639. The fourth-order valence-corrected chi connectivity index (χ4v) is 3.65. The summed E-state index contributed by atoms with van der Waals surface area (Å²) in [6, 6.07) is 0.0537. The molecule has 1 heterocycles. The van der Waals surface area contributed by atoms with E-state index in [0.29, 0.717) is 0 Å². The lowest BCUT2D eigenvalue weighted by atomic mass is 10.1. The van der Waals surface area contributed by atoms with E-state index in [1.54, 1.807) is 13.8 Å². The SMILES string of the molecule is CN(CC(C)(C)O)S(=O)(=O)CC1CCCCN1. The number of nitrogens with one attached hydrogen (secondary N) is 1. The van der Waals surface area contributed by atoms with Gasteiger partial charge >= 0.3 is 0 Å². The van der Waals surface area contributed by atoms with Crippen LogP contribution in [-0.4, -0.2) is 55.4 Å². The molecule has 102 valence electrons. The van der Waals surface area contributed by atoms with Gasteiger partial charge in [-0.05, 0) is 33.2 Å². The summed E-state index contributed by atoms with van der Waals surface area (Å²) in [5.41, 5.74) is -0.998. The molecule has 0 amide bonds. The van der Waals surface area contributed by atoms with E-state index in [1.807, 2.05) is 0 Å². The topological polar surface area (TPSA) is 69.6 Å². The van der Waals surface area contributed by atoms with Crippen molar-refractivity contribution in [2.24, 2.45) is 0 Å². The van der Waals surface area contributed by atoms with Crippen LogP contribution in [0.5, 0.6) is 0 Å². The third-order valence-corrected chi connectivity index (χ3v) is 4.81. The fourth-order valence-electron chi connectivity index (χ4n) is 2.09. The molecule has 0 aliphatic carbocycles. The molecule has 0 radical (unpaired) electrons. The van der Waals surface area contributed by atoms with Crippen LogP contribution in [0, 0.1) is 0 Å². The Labute approximate surface area is 104 Å². The number of aliphatic hydroxyl groups is 1. The molecule has 1 saturated heterocycles. The molecule has 1 fully saturated rings. The first-order valence-electron chi connectivity index (χ1n) is 6.10. The van der Waals surface area contributed by atoms with Crippen LogP contribution in [0.2, 0.25) is 0 Å². The van der Waals surface area contributed by atoms with Crippen molar-refractivity contribution in [1.29, 1.82) is 0 Å². The standard InChI is InChI=1S/C11H24N2O3S/c1-11(2,14)9-13(3)17(15,16)8-10-6-4-5-7-12-10/h10,12,14H,4-9H2,1-3H3. The Morgan fingerprint density at radius 2 is 2.06 bits per heavy atom. The Hall–Kier alpha value is -0.170. The van der Waals surface area contributed by atoms with Crippen LogP contribution in [0.25, 0.3) is 0 Å². The maximum atomic E-state index is 12.1. The Bertz CT molecular complexity index is 329. The van der Waals surface area contributed by atoms with Gasteiger partial charge in [-0.25, -0.2) is 12.7 Å². The van der Waals surface area contributed by atoms with Gasteiger partial charge in [0.1, 0.15) is 0 Å². The van der Waals surface area contributed by atoms with Crippen molar-refractivity contribution in [2.45, 2.75) is 44.8 Å². The third-order valence-electron chi connectivity index (χ3n) is 2.91.